The third-order valence-corrected chi connectivity index (χ3v) is 5.69. The van der Waals surface area contributed by atoms with Crippen LogP contribution in [-0.4, -0.2) is 35.0 Å². The summed E-state index contributed by atoms with van der Waals surface area (Å²) >= 11 is 1.63. The van der Waals surface area contributed by atoms with Gasteiger partial charge in [-0.05, 0) is 40.9 Å². The first-order valence-electron chi connectivity index (χ1n) is 8.16. The molecule has 0 radical (unpaired) electrons. The number of rotatable bonds is 3. The minimum atomic E-state index is -0.644. The number of benzene rings is 1. The van der Waals surface area contributed by atoms with Crippen LogP contribution in [-0.2, 0) is 27.3 Å². The number of methoxy groups -OCH3 is 1. The van der Waals surface area contributed by atoms with Gasteiger partial charge in [-0.25, -0.2) is 4.79 Å². The predicted octanol–water partition coefficient (Wildman–Crippen LogP) is 3.00. The number of esters is 1. The molecule has 0 aliphatic carbocycles. The summed E-state index contributed by atoms with van der Waals surface area (Å²) in [5, 5.41) is 3.06. The monoisotopic (exact) mass is 354 g/mol. The molecule has 3 aromatic rings. The Morgan fingerprint density at radius 2 is 2.08 bits per heavy atom. The summed E-state index contributed by atoms with van der Waals surface area (Å²) in [6.07, 6.45) is 2.69. The van der Waals surface area contributed by atoms with Gasteiger partial charge >= 0.3 is 5.97 Å². The highest BCUT2D eigenvalue weighted by Crippen LogP contribution is 2.34. The van der Waals surface area contributed by atoms with Crippen molar-refractivity contribution in [3.8, 4) is 0 Å². The molecule has 0 spiro atoms. The standard InChI is InChI=1S/C19H18N2O3S/c1-24-19(23)18-14-8-11-25-16(14)7-10-21(18)17(22)12-20-9-6-13-4-2-3-5-15(13)20/h2-6,8-9,11,18H,7,10,12H2,1H3. The minimum Gasteiger partial charge on any atom is -0.467 e. The van der Waals surface area contributed by atoms with E-state index in [4.69, 9.17) is 4.74 Å². The molecular weight excluding hydrogens is 336 g/mol. The third kappa shape index (κ3) is 2.72. The Labute approximate surface area is 149 Å². The van der Waals surface area contributed by atoms with Crippen LogP contribution in [0.5, 0.6) is 0 Å². The van der Waals surface area contributed by atoms with E-state index >= 15 is 0 Å². The molecule has 2 aromatic heterocycles. The van der Waals surface area contributed by atoms with Gasteiger partial charge in [-0.3, -0.25) is 4.79 Å². The fourth-order valence-corrected chi connectivity index (χ4v) is 4.37. The molecule has 0 fully saturated rings. The second-order valence-corrected chi connectivity index (χ2v) is 7.07. The zero-order chi connectivity index (χ0) is 17.4. The Morgan fingerprint density at radius 3 is 2.92 bits per heavy atom. The molecule has 0 bridgehead atoms. The van der Waals surface area contributed by atoms with Crippen LogP contribution in [0.2, 0.25) is 0 Å². The van der Waals surface area contributed by atoms with E-state index in [1.807, 2.05) is 52.5 Å². The van der Waals surface area contributed by atoms with Crippen LogP contribution in [0.25, 0.3) is 10.9 Å². The van der Waals surface area contributed by atoms with Crippen molar-refractivity contribution in [3.05, 3.63) is 58.4 Å². The average Bonchev–Trinajstić information content (AvgIpc) is 3.27. The molecule has 1 aliphatic rings. The maximum Gasteiger partial charge on any atom is 0.333 e. The lowest BCUT2D eigenvalue weighted by Gasteiger charge is -2.34. The van der Waals surface area contributed by atoms with E-state index in [9.17, 15) is 9.59 Å². The van der Waals surface area contributed by atoms with E-state index in [-0.39, 0.29) is 18.4 Å². The van der Waals surface area contributed by atoms with Crippen LogP contribution in [0.1, 0.15) is 16.5 Å². The molecule has 0 saturated carbocycles. The molecule has 0 N–H and O–H groups in total. The van der Waals surface area contributed by atoms with Crippen LogP contribution in [0.15, 0.2) is 48.0 Å². The van der Waals surface area contributed by atoms with Gasteiger partial charge in [0.25, 0.3) is 0 Å². The Bertz CT molecular complexity index is 943. The fourth-order valence-electron chi connectivity index (χ4n) is 3.47. The van der Waals surface area contributed by atoms with Gasteiger partial charge in [-0.1, -0.05) is 18.2 Å². The van der Waals surface area contributed by atoms with Crippen molar-refractivity contribution in [2.45, 2.75) is 19.0 Å². The summed E-state index contributed by atoms with van der Waals surface area (Å²) in [4.78, 5) is 28.1. The first-order valence-corrected chi connectivity index (χ1v) is 9.04. The number of hydrogen-bond donors (Lipinski definition) is 0. The van der Waals surface area contributed by atoms with Gasteiger partial charge in [0.1, 0.15) is 6.54 Å². The molecule has 1 unspecified atom stereocenters. The van der Waals surface area contributed by atoms with Crippen molar-refractivity contribution in [1.29, 1.82) is 0 Å². The number of aromatic nitrogens is 1. The quantitative estimate of drug-likeness (QED) is 0.680. The minimum absolute atomic E-state index is 0.0754. The number of amides is 1. The molecule has 1 amide bonds. The second kappa shape index (κ2) is 6.37. The summed E-state index contributed by atoms with van der Waals surface area (Å²) in [7, 11) is 1.37. The summed E-state index contributed by atoms with van der Waals surface area (Å²) in [5.41, 5.74) is 1.91. The molecule has 3 heterocycles. The normalized spacial score (nSPS) is 16.7. The number of para-hydroxylation sites is 1. The van der Waals surface area contributed by atoms with Gasteiger partial charge in [0.2, 0.25) is 5.91 Å². The van der Waals surface area contributed by atoms with Crippen molar-refractivity contribution in [3.63, 3.8) is 0 Å². The van der Waals surface area contributed by atoms with Crippen molar-refractivity contribution in [2.24, 2.45) is 0 Å². The van der Waals surface area contributed by atoms with Crippen LogP contribution < -0.4 is 0 Å². The van der Waals surface area contributed by atoms with Crippen molar-refractivity contribution in [1.82, 2.24) is 9.47 Å². The number of ether oxygens (including phenoxy) is 1. The fraction of sp³-hybridized carbons (Fsp3) is 0.263. The largest absolute Gasteiger partial charge is 0.467 e. The molecule has 4 rings (SSSR count). The first-order chi connectivity index (χ1) is 12.2. The average molecular weight is 354 g/mol. The van der Waals surface area contributed by atoms with Gasteiger partial charge in [-0.2, -0.15) is 0 Å². The van der Waals surface area contributed by atoms with E-state index in [1.165, 1.54) is 7.11 Å². The third-order valence-electron chi connectivity index (χ3n) is 4.70. The molecule has 0 saturated heterocycles. The van der Waals surface area contributed by atoms with Crippen LogP contribution in [0.4, 0.5) is 0 Å². The highest BCUT2D eigenvalue weighted by Gasteiger charge is 2.37. The lowest BCUT2D eigenvalue weighted by molar-refractivity contribution is -0.154. The van der Waals surface area contributed by atoms with Gasteiger partial charge in [0.05, 0.1) is 7.11 Å². The number of thiophene rings is 1. The predicted molar refractivity (Wildman–Crippen MR) is 96.4 cm³/mol. The molecular formula is C19H18N2O3S. The molecule has 1 aliphatic heterocycles. The lowest BCUT2D eigenvalue weighted by Crippen LogP contribution is -2.44. The van der Waals surface area contributed by atoms with Gasteiger partial charge < -0.3 is 14.2 Å². The zero-order valence-electron chi connectivity index (χ0n) is 13.8. The topological polar surface area (TPSA) is 51.5 Å². The molecule has 6 heteroatoms. The van der Waals surface area contributed by atoms with E-state index in [0.29, 0.717) is 6.54 Å². The lowest BCUT2D eigenvalue weighted by atomic mass is 10.00. The molecule has 1 atom stereocenters. The highest BCUT2D eigenvalue weighted by molar-refractivity contribution is 7.10. The van der Waals surface area contributed by atoms with Crippen molar-refractivity contribution >= 4 is 34.1 Å². The smallest absolute Gasteiger partial charge is 0.333 e. The summed E-state index contributed by atoms with van der Waals surface area (Å²) < 4.78 is 6.89. The maximum absolute atomic E-state index is 13.0. The highest BCUT2D eigenvalue weighted by atomic mass is 32.1. The number of carbonyl (C=O) groups excluding carboxylic acids is 2. The van der Waals surface area contributed by atoms with Crippen molar-refractivity contribution < 1.29 is 14.3 Å². The zero-order valence-corrected chi connectivity index (χ0v) is 14.7. The Hall–Kier alpha value is -2.60. The summed E-state index contributed by atoms with van der Waals surface area (Å²) in [5.74, 6) is -0.460. The van der Waals surface area contributed by atoms with Crippen molar-refractivity contribution in [2.75, 3.05) is 13.7 Å². The van der Waals surface area contributed by atoms with Gasteiger partial charge in [0, 0.05) is 23.1 Å². The number of hydrogen-bond acceptors (Lipinski definition) is 4. The Balaban J connectivity index is 1.63. The number of nitrogens with zero attached hydrogens (tertiary/aromatic N) is 2. The summed E-state index contributed by atoms with van der Waals surface area (Å²) in [6, 6.07) is 11.2. The first kappa shape index (κ1) is 15.9. The Kier molecular flexibility index (Phi) is 4.05. The molecule has 128 valence electrons. The van der Waals surface area contributed by atoms with Gasteiger partial charge in [-0.15, -0.1) is 11.3 Å². The van der Waals surface area contributed by atoms with E-state index < -0.39 is 6.04 Å². The second-order valence-electron chi connectivity index (χ2n) is 6.06. The molecule has 25 heavy (non-hydrogen) atoms. The number of fused-ring (bicyclic) bond motifs is 2. The SMILES string of the molecule is COC(=O)C1c2ccsc2CCN1C(=O)Cn1ccc2ccccc21. The molecule has 1 aromatic carbocycles. The van der Waals surface area contributed by atoms with Gasteiger partial charge in [0.15, 0.2) is 6.04 Å². The van der Waals surface area contributed by atoms with E-state index in [2.05, 4.69) is 0 Å². The Morgan fingerprint density at radius 1 is 1.24 bits per heavy atom. The number of carbonyl (C=O) groups is 2. The van der Waals surface area contributed by atoms with E-state index in [0.717, 1.165) is 27.8 Å². The van der Waals surface area contributed by atoms with Crippen LogP contribution >= 0.6 is 11.3 Å². The van der Waals surface area contributed by atoms with Crippen LogP contribution in [0, 0.1) is 0 Å². The van der Waals surface area contributed by atoms with Crippen LogP contribution in [0.3, 0.4) is 0 Å². The molecule has 5 nitrogen and oxygen atoms in total. The van der Waals surface area contributed by atoms with E-state index in [1.54, 1.807) is 16.2 Å². The maximum atomic E-state index is 13.0. The summed E-state index contributed by atoms with van der Waals surface area (Å²) in [6.45, 7) is 0.742.